The number of rotatable bonds is 7. The van der Waals surface area contributed by atoms with Gasteiger partial charge in [-0.25, -0.2) is 0 Å². The van der Waals surface area contributed by atoms with Crippen molar-refractivity contribution in [3.05, 3.63) is 107 Å². The third kappa shape index (κ3) is 4.76. The Labute approximate surface area is 199 Å². The maximum atomic E-state index is 13.5. The van der Waals surface area contributed by atoms with Crippen LogP contribution in [0, 0.1) is 0 Å². The summed E-state index contributed by atoms with van der Waals surface area (Å²) in [4.78, 5) is 41.9. The molecule has 0 fully saturated rings. The summed E-state index contributed by atoms with van der Waals surface area (Å²) >= 11 is 0. The third-order valence-electron chi connectivity index (χ3n) is 5.68. The van der Waals surface area contributed by atoms with Crippen LogP contribution in [0.3, 0.4) is 0 Å². The zero-order chi connectivity index (χ0) is 24.1. The second-order valence-corrected chi connectivity index (χ2v) is 8.37. The van der Waals surface area contributed by atoms with Crippen LogP contribution < -0.4 is 15.5 Å². The van der Waals surface area contributed by atoms with Crippen molar-refractivity contribution in [1.29, 1.82) is 0 Å². The van der Waals surface area contributed by atoms with E-state index < -0.39 is 11.8 Å². The van der Waals surface area contributed by atoms with E-state index in [0.29, 0.717) is 11.3 Å². The fraction of sp³-hybridized carbons (Fsp3) is 0.179. The van der Waals surface area contributed by atoms with E-state index in [-0.39, 0.29) is 36.2 Å². The quantitative estimate of drug-likeness (QED) is 0.324. The van der Waals surface area contributed by atoms with Crippen LogP contribution in [0.1, 0.15) is 30.5 Å². The number of nitrogens with one attached hydrogen (secondary N) is 2. The van der Waals surface area contributed by atoms with E-state index in [9.17, 15) is 14.4 Å². The van der Waals surface area contributed by atoms with Crippen molar-refractivity contribution in [3.8, 4) is 0 Å². The first kappa shape index (κ1) is 23.0. The molecule has 3 aromatic carbocycles. The first-order valence-corrected chi connectivity index (χ1v) is 11.3. The van der Waals surface area contributed by atoms with E-state index in [4.69, 9.17) is 0 Å². The number of nitrogens with zero attached hydrogens (tertiary/aromatic N) is 1. The molecule has 0 unspecified atom stereocenters. The Hall–Kier alpha value is -4.19. The molecule has 0 aliphatic carbocycles. The van der Waals surface area contributed by atoms with E-state index in [1.165, 1.54) is 0 Å². The number of carbonyl (C=O) groups excluding carboxylic acids is 3. The van der Waals surface area contributed by atoms with Gasteiger partial charge in [-0.2, -0.15) is 0 Å². The molecule has 0 saturated heterocycles. The monoisotopic (exact) mass is 453 g/mol. The SMILES string of the molecule is CC(C)N1C(=O)C(=C(C(=O)NCc2ccccc2)C(=O)NCc2ccccc2)c2ccccc21. The Balaban J connectivity index is 1.72. The summed E-state index contributed by atoms with van der Waals surface area (Å²) in [6.45, 7) is 4.29. The number of carbonyl (C=O) groups is 3. The molecule has 6 nitrogen and oxygen atoms in total. The van der Waals surface area contributed by atoms with Crippen LogP contribution in [0.2, 0.25) is 0 Å². The van der Waals surface area contributed by atoms with Gasteiger partial charge in [-0.3, -0.25) is 14.4 Å². The fourth-order valence-corrected chi connectivity index (χ4v) is 4.06. The zero-order valence-corrected chi connectivity index (χ0v) is 19.2. The van der Waals surface area contributed by atoms with Crippen LogP contribution in [0.5, 0.6) is 0 Å². The summed E-state index contributed by atoms with van der Waals surface area (Å²) in [5, 5.41) is 5.64. The average molecular weight is 454 g/mol. The van der Waals surface area contributed by atoms with Gasteiger partial charge >= 0.3 is 0 Å². The molecule has 2 N–H and O–H groups in total. The molecule has 0 atom stereocenters. The number of para-hydroxylation sites is 1. The van der Waals surface area contributed by atoms with Gasteiger partial charge in [0.15, 0.2) is 0 Å². The Morgan fingerprint density at radius 3 is 1.71 bits per heavy atom. The standard InChI is InChI=1S/C28H27N3O3/c1-19(2)31-23-16-10-9-15-22(23)24(28(31)34)25(26(32)29-17-20-11-5-3-6-12-20)27(33)30-18-21-13-7-4-8-14-21/h3-16,19H,17-18H2,1-2H3,(H,29,32)(H,30,33). The molecule has 0 saturated carbocycles. The summed E-state index contributed by atoms with van der Waals surface area (Å²) < 4.78 is 0. The number of fused-ring (bicyclic) bond motifs is 1. The van der Waals surface area contributed by atoms with Crippen LogP contribution in [0.15, 0.2) is 90.5 Å². The minimum absolute atomic E-state index is 0.125. The van der Waals surface area contributed by atoms with Gasteiger partial charge in [0.25, 0.3) is 17.7 Å². The number of anilines is 1. The second kappa shape index (κ2) is 10.2. The topological polar surface area (TPSA) is 78.5 Å². The average Bonchev–Trinajstić information content (AvgIpc) is 3.15. The maximum Gasteiger partial charge on any atom is 0.260 e. The molecule has 0 spiro atoms. The third-order valence-corrected chi connectivity index (χ3v) is 5.68. The van der Waals surface area contributed by atoms with Crippen LogP contribution in [0.25, 0.3) is 5.57 Å². The van der Waals surface area contributed by atoms with Gasteiger partial charge in [0.1, 0.15) is 5.57 Å². The molecular formula is C28H27N3O3. The minimum atomic E-state index is -0.585. The number of hydrogen-bond acceptors (Lipinski definition) is 3. The summed E-state index contributed by atoms with van der Waals surface area (Å²) in [5.74, 6) is -1.52. The normalized spacial score (nSPS) is 12.5. The van der Waals surface area contributed by atoms with Crippen LogP contribution >= 0.6 is 0 Å². The predicted octanol–water partition coefficient (Wildman–Crippen LogP) is 3.83. The van der Waals surface area contributed by atoms with Crippen molar-refractivity contribution in [1.82, 2.24) is 10.6 Å². The van der Waals surface area contributed by atoms with Crippen LogP contribution in [-0.4, -0.2) is 23.8 Å². The summed E-state index contributed by atoms with van der Waals surface area (Å²) in [6.07, 6.45) is 0. The largest absolute Gasteiger partial charge is 0.348 e. The molecule has 3 aromatic rings. The van der Waals surface area contributed by atoms with Gasteiger partial charge in [0.05, 0.1) is 11.3 Å². The highest BCUT2D eigenvalue weighted by molar-refractivity contribution is 6.42. The lowest BCUT2D eigenvalue weighted by Gasteiger charge is -2.21. The minimum Gasteiger partial charge on any atom is -0.348 e. The van der Waals surface area contributed by atoms with Crippen molar-refractivity contribution < 1.29 is 14.4 Å². The van der Waals surface area contributed by atoms with Gasteiger partial charge in [-0.05, 0) is 31.0 Å². The highest BCUT2D eigenvalue weighted by atomic mass is 16.2. The van der Waals surface area contributed by atoms with Gasteiger partial charge in [-0.15, -0.1) is 0 Å². The number of amides is 3. The Bertz CT molecular complexity index is 1180. The van der Waals surface area contributed by atoms with Crippen molar-refractivity contribution in [2.45, 2.75) is 33.0 Å². The summed E-state index contributed by atoms with van der Waals surface area (Å²) in [7, 11) is 0. The lowest BCUT2D eigenvalue weighted by molar-refractivity contribution is -0.124. The zero-order valence-electron chi connectivity index (χ0n) is 19.2. The molecule has 1 aliphatic rings. The first-order chi connectivity index (χ1) is 16.5. The van der Waals surface area contributed by atoms with E-state index in [1.54, 1.807) is 17.0 Å². The van der Waals surface area contributed by atoms with Crippen LogP contribution in [-0.2, 0) is 27.5 Å². The van der Waals surface area contributed by atoms with E-state index in [0.717, 1.165) is 11.1 Å². The van der Waals surface area contributed by atoms with Gasteiger partial charge in [-0.1, -0.05) is 78.9 Å². The molecule has 0 aromatic heterocycles. The highest BCUT2D eigenvalue weighted by Crippen LogP contribution is 2.39. The van der Waals surface area contributed by atoms with Crippen molar-refractivity contribution in [2.75, 3.05) is 4.90 Å². The lowest BCUT2D eigenvalue weighted by Crippen LogP contribution is -2.38. The van der Waals surface area contributed by atoms with Gasteiger partial charge in [0.2, 0.25) is 0 Å². The van der Waals surface area contributed by atoms with Crippen molar-refractivity contribution >= 4 is 29.0 Å². The maximum absolute atomic E-state index is 13.5. The fourth-order valence-electron chi connectivity index (χ4n) is 4.06. The molecule has 4 rings (SSSR count). The molecule has 1 heterocycles. The Morgan fingerprint density at radius 2 is 1.21 bits per heavy atom. The van der Waals surface area contributed by atoms with Crippen molar-refractivity contribution in [2.24, 2.45) is 0 Å². The van der Waals surface area contributed by atoms with Gasteiger partial charge in [0, 0.05) is 24.7 Å². The molecule has 0 bridgehead atoms. The molecule has 6 heteroatoms. The number of benzene rings is 3. The molecule has 172 valence electrons. The Kier molecular flexibility index (Phi) is 6.87. The molecule has 1 aliphatic heterocycles. The van der Waals surface area contributed by atoms with Crippen LogP contribution in [0.4, 0.5) is 5.69 Å². The second-order valence-electron chi connectivity index (χ2n) is 8.37. The molecular weight excluding hydrogens is 426 g/mol. The molecule has 3 amide bonds. The first-order valence-electron chi connectivity index (χ1n) is 11.3. The van der Waals surface area contributed by atoms with Gasteiger partial charge < -0.3 is 15.5 Å². The Morgan fingerprint density at radius 1 is 0.735 bits per heavy atom. The smallest absolute Gasteiger partial charge is 0.260 e. The van der Waals surface area contributed by atoms with E-state index in [1.807, 2.05) is 86.6 Å². The summed E-state index contributed by atoms with van der Waals surface area (Å²) in [5.41, 5.74) is 3.02. The van der Waals surface area contributed by atoms with Crippen molar-refractivity contribution in [3.63, 3.8) is 0 Å². The predicted molar refractivity (Wildman–Crippen MR) is 133 cm³/mol. The van der Waals surface area contributed by atoms with E-state index >= 15 is 0 Å². The van der Waals surface area contributed by atoms with E-state index in [2.05, 4.69) is 10.6 Å². The highest BCUT2D eigenvalue weighted by Gasteiger charge is 2.39. The summed E-state index contributed by atoms with van der Waals surface area (Å²) in [6, 6.07) is 26.0. The lowest BCUT2D eigenvalue weighted by atomic mass is 9.99. The molecule has 0 radical (unpaired) electrons. The number of hydrogen-bond donors (Lipinski definition) is 2. The molecule has 34 heavy (non-hydrogen) atoms.